The van der Waals surface area contributed by atoms with Crippen molar-refractivity contribution < 1.29 is 19.2 Å². The van der Waals surface area contributed by atoms with Gasteiger partial charge in [-0.15, -0.1) is 0 Å². The van der Waals surface area contributed by atoms with E-state index in [1.165, 1.54) is 22.6 Å². The molecule has 0 unspecified atom stereocenters. The number of aryl methyl sites for hydroxylation is 2. The predicted octanol–water partition coefficient (Wildman–Crippen LogP) is 3.07. The summed E-state index contributed by atoms with van der Waals surface area (Å²) in [6.45, 7) is 1.86. The van der Waals surface area contributed by atoms with Gasteiger partial charge in [0.25, 0.3) is 0 Å². The normalized spacial score (nSPS) is 14.5. The topological polar surface area (TPSA) is 99.7 Å². The molecule has 2 heterocycles. The maximum atomic E-state index is 12.5. The highest BCUT2D eigenvalue weighted by Crippen LogP contribution is 2.27. The first-order chi connectivity index (χ1) is 14.5. The molecular weight excluding hydrogens is 388 g/mol. The molecule has 1 aromatic carbocycles. The molecule has 9 nitrogen and oxygen atoms in total. The Balaban J connectivity index is 1.42. The maximum Gasteiger partial charge on any atom is 0.306 e. The minimum atomic E-state index is -0.488. The summed E-state index contributed by atoms with van der Waals surface area (Å²) in [4.78, 5) is 24.6. The van der Waals surface area contributed by atoms with Gasteiger partial charge in [0.05, 0.1) is 19.1 Å². The first-order valence-corrected chi connectivity index (χ1v) is 10.1. The van der Waals surface area contributed by atoms with Crippen molar-refractivity contribution in [2.75, 3.05) is 27.3 Å². The van der Waals surface area contributed by atoms with Crippen LogP contribution in [0.3, 0.4) is 0 Å². The average molecular weight is 416 g/mol. The molecule has 1 aliphatic heterocycles. The van der Waals surface area contributed by atoms with Crippen molar-refractivity contribution in [3.05, 3.63) is 46.3 Å². The van der Waals surface area contributed by atoms with Gasteiger partial charge < -0.3 is 14.4 Å². The van der Waals surface area contributed by atoms with E-state index in [-0.39, 0.29) is 11.6 Å². The van der Waals surface area contributed by atoms with Crippen LogP contribution in [-0.4, -0.2) is 52.8 Å². The first kappa shape index (κ1) is 21.6. The fraction of sp³-hybridized carbons (Fsp3) is 0.524. The van der Waals surface area contributed by atoms with Crippen LogP contribution in [0, 0.1) is 16.0 Å². The van der Waals surface area contributed by atoms with Crippen LogP contribution in [-0.2, 0) is 17.8 Å². The molecule has 9 heteroatoms. The Morgan fingerprint density at radius 1 is 1.20 bits per heavy atom. The molecule has 0 aliphatic carbocycles. The third kappa shape index (κ3) is 5.71. The molecule has 2 aromatic rings. The van der Waals surface area contributed by atoms with E-state index in [4.69, 9.17) is 9.47 Å². The Labute approximate surface area is 175 Å². The summed E-state index contributed by atoms with van der Waals surface area (Å²) in [6.07, 6.45) is 6.84. The van der Waals surface area contributed by atoms with Gasteiger partial charge in [-0.2, -0.15) is 5.10 Å². The molecule has 1 amide bonds. The number of nitrogens with zero attached hydrogens (tertiary/aromatic N) is 4. The van der Waals surface area contributed by atoms with Crippen molar-refractivity contribution in [3.63, 3.8) is 0 Å². The second-order valence-electron chi connectivity index (χ2n) is 7.55. The molecule has 0 N–H and O–H groups in total. The van der Waals surface area contributed by atoms with Crippen LogP contribution < -0.4 is 9.47 Å². The van der Waals surface area contributed by atoms with Crippen molar-refractivity contribution in [2.45, 2.75) is 38.6 Å². The zero-order valence-electron chi connectivity index (χ0n) is 17.5. The molecule has 1 aliphatic rings. The Kier molecular flexibility index (Phi) is 7.26. The van der Waals surface area contributed by atoms with Gasteiger partial charge in [-0.3, -0.25) is 19.6 Å². The third-order valence-corrected chi connectivity index (χ3v) is 5.60. The monoisotopic (exact) mass is 416 g/mol. The van der Waals surface area contributed by atoms with Crippen molar-refractivity contribution >= 4 is 11.6 Å². The molecule has 1 saturated heterocycles. The van der Waals surface area contributed by atoms with E-state index in [9.17, 15) is 14.9 Å². The van der Waals surface area contributed by atoms with Crippen molar-refractivity contribution in [3.8, 4) is 11.5 Å². The van der Waals surface area contributed by atoms with Crippen LogP contribution in [0.4, 0.5) is 5.69 Å². The molecule has 0 bridgehead atoms. The van der Waals surface area contributed by atoms with Crippen molar-refractivity contribution in [1.29, 1.82) is 0 Å². The van der Waals surface area contributed by atoms with Crippen molar-refractivity contribution in [1.82, 2.24) is 14.7 Å². The van der Waals surface area contributed by atoms with Gasteiger partial charge in [-0.25, -0.2) is 0 Å². The Bertz CT molecular complexity index is 852. The van der Waals surface area contributed by atoms with E-state index in [1.54, 1.807) is 14.2 Å². The summed E-state index contributed by atoms with van der Waals surface area (Å²) in [5, 5.41) is 14.6. The number of hydrogen-bond donors (Lipinski definition) is 0. The average Bonchev–Trinajstić information content (AvgIpc) is 3.25. The standard InChI is InChI=1S/C21H28N4O5/c1-29-19-11-17(12-20(13-19)30-2)4-3-16-5-8-23(9-6-16)21(26)7-10-24-15-18(14-22-24)25(27)28/h11-16H,3-10H2,1-2H3. The fourth-order valence-electron chi connectivity index (χ4n) is 3.79. The van der Waals surface area contributed by atoms with E-state index in [0.717, 1.165) is 50.3 Å². The molecule has 3 rings (SSSR count). The minimum absolute atomic E-state index is 0.0584. The summed E-state index contributed by atoms with van der Waals surface area (Å²) >= 11 is 0. The first-order valence-electron chi connectivity index (χ1n) is 10.1. The Hall–Kier alpha value is -3.10. The summed E-state index contributed by atoms with van der Waals surface area (Å²) in [5.41, 5.74) is 1.13. The molecule has 30 heavy (non-hydrogen) atoms. The van der Waals surface area contributed by atoms with Crippen LogP contribution in [0.5, 0.6) is 11.5 Å². The SMILES string of the molecule is COc1cc(CCC2CCN(C(=O)CCn3cc([N+](=O)[O-])cn3)CC2)cc(OC)c1. The molecule has 0 saturated carbocycles. The van der Waals surface area contributed by atoms with Crippen LogP contribution in [0.25, 0.3) is 0 Å². The number of nitro groups is 1. The van der Waals surface area contributed by atoms with Crippen LogP contribution in [0.2, 0.25) is 0 Å². The number of benzene rings is 1. The molecule has 1 aromatic heterocycles. The lowest BCUT2D eigenvalue weighted by Gasteiger charge is -2.32. The minimum Gasteiger partial charge on any atom is -0.497 e. The quantitative estimate of drug-likeness (QED) is 0.460. The highest BCUT2D eigenvalue weighted by molar-refractivity contribution is 5.76. The number of piperidine rings is 1. The fourth-order valence-corrected chi connectivity index (χ4v) is 3.79. The molecule has 0 atom stereocenters. The summed E-state index contributed by atoms with van der Waals surface area (Å²) in [5.74, 6) is 2.25. The number of carbonyl (C=O) groups is 1. The van der Waals surface area contributed by atoms with Gasteiger partial charge in [0.2, 0.25) is 5.91 Å². The highest BCUT2D eigenvalue weighted by Gasteiger charge is 2.23. The lowest BCUT2D eigenvalue weighted by Crippen LogP contribution is -2.38. The van der Waals surface area contributed by atoms with Gasteiger partial charge in [-0.05, 0) is 49.3 Å². The largest absolute Gasteiger partial charge is 0.497 e. The number of rotatable bonds is 9. The van der Waals surface area contributed by atoms with Crippen LogP contribution in [0.15, 0.2) is 30.6 Å². The summed E-state index contributed by atoms with van der Waals surface area (Å²) < 4.78 is 12.1. The Morgan fingerprint density at radius 2 is 1.87 bits per heavy atom. The molecule has 1 fully saturated rings. The second kappa shape index (κ2) is 10.1. The smallest absolute Gasteiger partial charge is 0.306 e. The zero-order valence-corrected chi connectivity index (χ0v) is 17.5. The number of hydrogen-bond acceptors (Lipinski definition) is 6. The maximum absolute atomic E-state index is 12.5. The molecule has 0 spiro atoms. The molecular formula is C21H28N4O5. The summed E-state index contributed by atoms with van der Waals surface area (Å²) in [6, 6.07) is 5.96. The van der Waals surface area contributed by atoms with E-state index >= 15 is 0 Å². The van der Waals surface area contributed by atoms with Crippen LogP contribution in [0.1, 0.15) is 31.2 Å². The number of methoxy groups -OCH3 is 2. The number of amides is 1. The zero-order chi connectivity index (χ0) is 21.5. The predicted molar refractivity (Wildman–Crippen MR) is 111 cm³/mol. The number of likely N-dealkylation sites (tertiary alicyclic amines) is 1. The van der Waals surface area contributed by atoms with E-state index < -0.39 is 4.92 Å². The second-order valence-corrected chi connectivity index (χ2v) is 7.55. The van der Waals surface area contributed by atoms with Crippen LogP contribution >= 0.6 is 0 Å². The lowest BCUT2D eigenvalue weighted by molar-refractivity contribution is -0.385. The molecule has 162 valence electrons. The summed E-state index contributed by atoms with van der Waals surface area (Å²) in [7, 11) is 3.30. The van der Waals surface area contributed by atoms with E-state index in [0.29, 0.717) is 18.9 Å². The number of aromatic nitrogens is 2. The van der Waals surface area contributed by atoms with Gasteiger partial charge in [-0.1, -0.05) is 0 Å². The van der Waals surface area contributed by atoms with E-state index in [2.05, 4.69) is 5.10 Å². The third-order valence-electron chi connectivity index (χ3n) is 5.60. The highest BCUT2D eigenvalue weighted by atomic mass is 16.6. The number of ether oxygens (including phenoxy) is 2. The van der Waals surface area contributed by atoms with E-state index in [1.807, 2.05) is 23.1 Å². The van der Waals surface area contributed by atoms with Gasteiger partial charge in [0.1, 0.15) is 23.9 Å². The van der Waals surface area contributed by atoms with Gasteiger partial charge in [0.15, 0.2) is 0 Å². The lowest BCUT2D eigenvalue weighted by atomic mass is 9.90. The Morgan fingerprint density at radius 3 is 2.43 bits per heavy atom. The number of carbonyl (C=O) groups excluding carboxylic acids is 1. The van der Waals surface area contributed by atoms with Gasteiger partial charge >= 0.3 is 5.69 Å². The molecule has 0 radical (unpaired) electrons. The van der Waals surface area contributed by atoms with Gasteiger partial charge in [0, 0.05) is 32.1 Å². The van der Waals surface area contributed by atoms with Crippen molar-refractivity contribution in [2.24, 2.45) is 5.92 Å².